The second kappa shape index (κ2) is 7.97. The molecule has 0 N–H and O–H groups in total. The van der Waals surface area contributed by atoms with Crippen LogP contribution in [0.4, 0.5) is 13.2 Å². The minimum atomic E-state index is -4.73. The summed E-state index contributed by atoms with van der Waals surface area (Å²) in [5.74, 6) is 0.326. The van der Waals surface area contributed by atoms with E-state index >= 15 is 0 Å². The number of rotatable bonds is 4. The summed E-state index contributed by atoms with van der Waals surface area (Å²) in [5.41, 5.74) is 3.45. The standard InChI is InChI=1S/C23H20F3NO3/c1-14-21(22(28)19-4-2-3-5-20(19)27-14)15-6-8-16(9-7-15)29-17-10-12-18(13-11-17)30-23(24,25)26/h6-13,21H,2-5H2,1H3. The number of hydrogen-bond acceptors (Lipinski definition) is 4. The van der Waals surface area contributed by atoms with Crippen LogP contribution in [0.3, 0.4) is 0 Å². The molecule has 2 aliphatic rings. The van der Waals surface area contributed by atoms with Crippen LogP contribution in [0.25, 0.3) is 0 Å². The Kier molecular flexibility index (Phi) is 5.37. The fourth-order valence-corrected chi connectivity index (χ4v) is 3.89. The number of hydrogen-bond donors (Lipinski definition) is 0. The van der Waals surface area contributed by atoms with Gasteiger partial charge in [0.05, 0.1) is 5.92 Å². The average Bonchev–Trinajstić information content (AvgIpc) is 2.70. The monoisotopic (exact) mass is 415 g/mol. The second-order valence-corrected chi connectivity index (χ2v) is 7.37. The summed E-state index contributed by atoms with van der Waals surface area (Å²) >= 11 is 0. The lowest BCUT2D eigenvalue weighted by Gasteiger charge is -2.27. The van der Waals surface area contributed by atoms with E-state index in [0.717, 1.165) is 48.2 Å². The Hall–Kier alpha value is -3.09. The number of benzene rings is 2. The van der Waals surface area contributed by atoms with Crippen LogP contribution in [0.5, 0.6) is 17.2 Å². The molecule has 4 rings (SSSR count). The molecule has 1 heterocycles. The van der Waals surface area contributed by atoms with Gasteiger partial charge >= 0.3 is 6.36 Å². The third-order valence-corrected chi connectivity index (χ3v) is 5.23. The predicted molar refractivity (Wildman–Crippen MR) is 106 cm³/mol. The van der Waals surface area contributed by atoms with Crippen LogP contribution in [0.1, 0.15) is 44.1 Å². The molecular formula is C23H20F3NO3. The zero-order valence-electron chi connectivity index (χ0n) is 16.3. The molecule has 0 radical (unpaired) electrons. The lowest BCUT2D eigenvalue weighted by atomic mass is 9.80. The zero-order chi connectivity index (χ0) is 21.3. The summed E-state index contributed by atoms with van der Waals surface area (Å²) in [6, 6.07) is 12.3. The van der Waals surface area contributed by atoms with Crippen molar-refractivity contribution in [3.05, 3.63) is 65.4 Å². The number of ether oxygens (including phenoxy) is 2. The van der Waals surface area contributed by atoms with E-state index in [9.17, 15) is 18.0 Å². The van der Waals surface area contributed by atoms with Crippen molar-refractivity contribution in [2.24, 2.45) is 4.99 Å². The zero-order valence-corrected chi connectivity index (χ0v) is 16.3. The Bertz CT molecular complexity index is 1010. The van der Waals surface area contributed by atoms with Gasteiger partial charge in [-0.25, -0.2) is 0 Å². The van der Waals surface area contributed by atoms with E-state index in [1.54, 1.807) is 12.1 Å². The van der Waals surface area contributed by atoms with Crippen molar-refractivity contribution in [2.45, 2.75) is 44.9 Å². The number of ketones is 1. The molecule has 2 aromatic carbocycles. The Balaban J connectivity index is 1.46. The highest BCUT2D eigenvalue weighted by atomic mass is 19.4. The third kappa shape index (κ3) is 4.40. The van der Waals surface area contributed by atoms with E-state index < -0.39 is 6.36 Å². The van der Waals surface area contributed by atoms with Gasteiger partial charge in [-0.3, -0.25) is 9.79 Å². The summed E-state index contributed by atoms with van der Waals surface area (Å²) in [6.45, 7) is 1.88. The minimum Gasteiger partial charge on any atom is -0.457 e. The largest absolute Gasteiger partial charge is 0.573 e. The fraction of sp³-hybridized carbons (Fsp3) is 0.304. The minimum absolute atomic E-state index is 0.131. The van der Waals surface area contributed by atoms with Crippen LogP contribution in [0.2, 0.25) is 0 Å². The van der Waals surface area contributed by atoms with E-state index in [-0.39, 0.29) is 17.5 Å². The van der Waals surface area contributed by atoms with Crippen LogP contribution < -0.4 is 9.47 Å². The van der Waals surface area contributed by atoms with Crippen LogP contribution in [-0.4, -0.2) is 17.9 Å². The number of alkyl halides is 3. The number of aliphatic imine (C=N–C) groups is 1. The first-order valence-electron chi connectivity index (χ1n) is 9.75. The Morgan fingerprint density at radius 2 is 1.47 bits per heavy atom. The molecule has 30 heavy (non-hydrogen) atoms. The molecule has 0 fully saturated rings. The van der Waals surface area contributed by atoms with Gasteiger partial charge in [0.2, 0.25) is 0 Å². The van der Waals surface area contributed by atoms with Crippen molar-refractivity contribution < 1.29 is 27.4 Å². The van der Waals surface area contributed by atoms with Gasteiger partial charge in [-0.1, -0.05) is 12.1 Å². The van der Waals surface area contributed by atoms with Crippen molar-refractivity contribution in [1.29, 1.82) is 0 Å². The average molecular weight is 415 g/mol. The fourth-order valence-electron chi connectivity index (χ4n) is 3.89. The molecular weight excluding hydrogens is 395 g/mol. The molecule has 2 aromatic rings. The van der Waals surface area contributed by atoms with E-state index in [1.165, 1.54) is 24.3 Å². The van der Waals surface area contributed by atoms with Crippen molar-refractivity contribution in [1.82, 2.24) is 0 Å². The van der Waals surface area contributed by atoms with E-state index in [0.29, 0.717) is 11.5 Å². The second-order valence-electron chi connectivity index (χ2n) is 7.37. The molecule has 1 aliphatic heterocycles. The molecule has 7 heteroatoms. The Morgan fingerprint density at radius 1 is 0.900 bits per heavy atom. The normalized spacial score (nSPS) is 19.3. The van der Waals surface area contributed by atoms with Gasteiger partial charge in [0.1, 0.15) is 17.2 Å². The van der Waals surface area contributed by atoms with Gasteiger partial charge in [-0.2, -0.15) is 0 Å². The summed E-state index contributed by atoms with van der Waals surface area (Å²) in [6.07, 6.45) is -0.986. The van der Waals surface area contributed by atoms with E-state index in [2.05, 4.69) is 9.73 Å². The SMILES string of the molecule is CC1=NC2=C(CCCC2)C(=O)C1c1ccc(Oc2ccc(OC(F)(F)F)cc2)cc1. The maximum atomic E-state index is 13.0. The first-order chi connectivity index (χ1) is 14.3. The third-order valence-electron chi connectivity index (χ3n) is 5.23. The smallest absolute Gasteiger partial charge is 0.457 e. The van der Waals surface area contributed by atoms with Crippen molar-refractivity contribution in [3.8, 4) is 17.2 Å². The van der Waals surface area contributed by atoms with Crippen LogP contribution in [-0.2, 0) is 4.79 Å². The van der Waals surface area contributed by atoms with Crippen molar-refractivity contribution in [2.75, 3.05) is 0 Å². The van der Waals surface area contributed by atoms with Gasteiger partial charge in [0, 0.05) is 17.0 Å². The van der Waals surface area contributed by atoms with Gasteiger partial charge < -0.3 is 9.47 Å². The maximum absolute atomic E-state index is 13.0. The predicted octanol–water partition coefficient (Wildman–Crippen LogP) is 6.33. The number of carbonyl (C=O) groups is 1. The topological polar surface area (TPSA) is 47.9 Å². The van der Waals surface area contributed by atoms with Gasteiger partial charge in [0.15, 0.2) is 5.78 Å². The highest BCUT2D eigenvalue weighted by Gasteiger charge is 2.33. The first kappa shape index (κ1) is 20.2. The van der Waals surface area contributed by atoms with Crippen LogP contribution >= 0.6 is 0 Å². The van der Waals surface area contributed by atoms with Gasteiger partial charge in [-0.05, 0) is 74.6 Å². The van der Waals surface area contributed by atoms with Crippen molar-refractivity contribution in [3.63, 3.8) is 0 Å². The summed E-state index contributed by atoms with van der Waals surface area (Å²) < 4.78 is 46.2. The summed E-state index contributed by atoms with van der Waals surface area (Å²) in [4.78, 5) is 17.7. The molecule has 4 nitrogen and oxygen atoms in total. The van der Waals surface area contributed by atoms with Crippen molar-refractivity contribution >= 4 is 11.5 Å². The number of carbonyl (C=O) groups excluding carboxylic acids is 1. The molecule has 0 bridgehead atoms. The molecule has 156 valence electrons. The van der Waals surface area contributed by atoms with Gasteiger partial charge in [0.25, 0.3) is 0 Å². The Labute approximate surface area is 172 Å². The quantitative estimate of drug-likeness (QED) is 0.586. The molecule has 0 saturated heterocycles. The van der Waals surface area contributed by atoms with Gasteiger partial charge in [-0.15, -0.1) is 13.2 Å². The molecule has 0 aromatic heterocycles. The molecule has 0 spiro atoms. The van der Waals surface area contributed by atoms with Crippen LogP contribution in [0.15, 0.2) is 64.8 Å². The highest BCUT2D eigenvalue weighted by molar-refractivity contribution is 6.18. The Morgan fingerprint density at radius 3 is 2.10 bits per heavy atom. The maximum Gasteiger partial charge on any atom is 0.573 e. The highest BCUT2D eigenvalue weighted by Crippen LogP contribution is 2.37. The lowest BCUT2D eigenvalue weighted by Crippen LogP contribution is -2.27. The summed E-state index contributed by atoms with van der Waals surface area (Å²) in [5, 5.41) is 0. The number of halogens is 3. The lowest BCUT2D eigenvalue weighted by molar-refractivity contribution is -0.274. The first-order valence-corrected chi connectivity index (χ1v) is 9.75. The molecule has 0 amide bonds. The molecule has 1 aliphatic carbocycles. The number of Topliss-reactive ketones (excluding diaryl/α,β-unsaturated/α-hetero) is 1. The molecule has 0 saturated carbocycles. The number of nitrogens with zero attached hydrogens (tertiary/aromatic N) is 1. The molecule has 1 unspecified atom stereocenters. The molecule has 1 atom stereocenters. The van der Waals surface area contributed by atoms with E-state index in [1.807, 2.05) is 19.1 Å². The van der Waals surface area contributed by atoms with E-state index in [4.69, 9.17) is 4.74 Å². The van der Waals surface area contributed by atoms with Crippen LogP contribution in [0, 0.1) is 0 Å². The summed E-state index contributed by atoms with van der Waals surface area (Å²) in [7, 11) is 0. The number of allylic oxidation sites excluding steroid dienone is 2.